The minimum Gasteiger partial charge on any atom is -0.385 e. The average Bonchev–Trinajstić information content (AvgIpc) is 3.48. The lowest BCUT2D eigenvalue weighted by Gasteiger charge is -2.11. The fourth-order valence-electron chi connectivity index (χ4n) is 4.61. The molecule has 0 amide bonds. The molecule has 220 valence electrons. The van der Waals surface area contributed by atoms with E-state index in [0.29, 0.717) is 10.6 Å². The molecule has 0 saturated carbocycles. The summed E-state index contributed by atoms with van der Waals surface area (Å²) in [6.45, 7) is 3.77. The van der Waals surface area contributed by atoms with Gasteiger partial charge >= 0.3 is 11.5 Å². The number of aryl methyl sites for hydroxylation is 3. The molecule has 0 spiro atoms. The number of nitrogens with zero attached hydrogens (tertiary/aromatic N) is 7. The van der Waals surface area contributed by atoms with Crippen molar-refractivity contribution in [3.05, 3.63) is 96.6 Å². The maximum Gasteiger partial charge on any atom is 0.350 e. The first-order chi connectivity index (χ1) is 20.5. The van der Waals surface area contributed by atoms with E-state index in [1.165, 1.54) is 20.0 Å². The predicted molar refractivity (Wildman–Crippen MR) is 165 cm³/mol. The fourth-order valence-corrected chi connectivity index (χ4v) is 4.61. The molecular formula is C32H43N8O2+3. The molecule has 0 aliphatic rings. The lowest BCUT2D eigenvalue weighted by atomic mass is 10.2. The maximum atomic E-state index is 11.5. The molecule has 1 N–H and O–H groups in total. The van der Waals surface area contributed by atoms with Gasteiger partial charge in [-0.25, -0.2) is 18.5 Å². The van der Waals surface area contributed by atoms with Gasteiger partial charge in [0.05, 0.1) is 35.9 Å². The van der Waals surface area contributed by atoms with Gasteiger partial charge in [-0.05, 0) is 73.3 Å². The largest absolute Gasteiger partial charge is 0.385 e. The Labute approximate surface area is 248 Å². The van der Waals surface area contributed by atoms with E-state index in [9.17, 15) is 4.91 Å². The van der Waals surface area contributed by atoms with Gasteiger partial charge in [-0.15, -0.1) is 0 Å². The second kappa shape index (κ2) is 16.0. The molecule has 0 atom stereocenters. The summed E-state index contributed by atoms with van der Waals surface area (Å²) in [5.74, 6) is 0.872. The van der Waals surface area contributed by atoms with Crippen LogP contribution in [0.5, 0.6) is 0 Å². The topological polar surface area (TPSA) is 82.0 Å². The van der Waals surface area contributed by atoms with Crippen molar-refractivity contribution in [1.29, 1.82) is 0 Å². The number of azo groups is 1. The molecule has 10 nitrogen and oxygen atoms in total. The molecule has 10 heteroatoms. The molecule has 4 rings (SSSR count). The second-order valence-electron chi connectivity index (χ2n) is 10.4. The maximum absolute atomic E-state index is 11.5. The Morgan fingerprint density at radius 2 is 1.67 bits per heavy atom. The van der Waals surface area contributed by atoms with Crippen LogP contribution in [0.1, 0.15) is 32.1 Å². The van der Waals surface area contributed by atoms with Gasteiger partial charge in [0.2, 0.25) is 6.33 Å². The van der Waals surface area contributed by atoms with Crippen LogP contribution in [0.25, 0.3) is 0 Å². The van der Waals surface area contributed by atoms with Crippen LogP contribution in [0.15, 0.2) is 102 Å². The third-order valence-corrected chi connectivity index (χ3v) is 7.03. The summed E-state index contributed by atoms with van der Waals surface area (Å²) in [6.07, 6.45) is 14.2. The molecule has 0 radical (unpaired) electrons. The minimum atomic E-state index is 0.477. The van der Waals surface area contributed by atoms with Gasteiger partial charge in [0.15, 0.2) is 7.11 Å². The molecule has 0 aliphatic heterocycles. The predicted octanol–water partition coefficient (Wildman–Crippen LogP) is 6.28. The Balaban J connectivity index is 1.11. The minimum absolute atomic E-state index is 0.477. The number of unbranched alkanes of at least 4 members (excludes halogenated alkanes) is 3. The number of anilines is 2. The number of hydrogen-bond donors (Lipinski definition) is 1. The van der Waals surface area contributed by atoms with Gasteiger partial charge in [-0.1, -0.05) is 6.07 Å². The highest BCUT2D eigenvalue weighted by Gasteiger charge is 2.13. The zero-order chi connectivity index (χ0) is 29.6. The van der Waals surface area contributed by atoms with E-state index in [1.807, 2.05) is 56.6 Å². The summed E-state index contributed by atoms with van der Waals surface area (Å²) in [7, 11) is 5.41. The van der Waals surface area contributed by atoms with Crippen LogP contribution in [0.4, 0.5) is 28.6 Å². The van der Waals surface area contributed by atoms with Crippen LogP contribution in [-0.4, -0.2) is 37.2 Å². The van der Waals surface area contributed by atoms with Crippen molar-refractivity contribution in [3.63, 3.8) is 0 Å². The van der Waals surface area contributed by atoms with Gasteiger partial charge < -0.3 is 10.2 Å². The number of aromatic nitrogens is 3. The molecule has 2 heterocycles. The molecule has 0 bridgehead atoms. The standard InChI is InChI=1S/C32H43N8O2/c1-36(2)30-16-14-29(15-17-30)34-35-32-11-6-9-24-39(32)23-8-5-4-7-21-37-25-26-38(27-37)22-10-20-33-28-12-18-31(19-13-28)40(41)42-3/h6,9,11-19,24-27,33H,4-5,7-8,10,20-23H2,1-3H3/q+3. The van der Waals surface area contributed by atoms with E-state index in [4.69, 9.17) is 0 Å². The Morgan fingerprint density at radius 3 is 2.43 bits per heavy atom. The molecule has 0 saturated heterocycles. The lowest BCUT2D eigenvalue weighted by Crippen LogP contribution is -2.33. The molecular weight excluding hydrogens is 528 g/mol. The third-order valence-electron chi connectivity index (χ3n) is 7.03. The van der Waals surface area contributed by atoms with E-state index >= 15 is 0 Å². The monoisotopic (exact) mass is 571 g/mol. The summed E-state index contributed by atoms with van der Waals surface area (Å²) >= 11 is 0. The molecule has 0 aliphatic carbocycles. The van der Waals surface area contributed by atoms with Crippen molar-refractivity contribution < 1.29 is 18.9 Å². The summed E-state index contributed by atoms with van der Waals surface area (Å²) in [4.78, 5) is 18.7. The number of imidazole rings is 1. The Kier molecular flexibility index (Phi) is 11.6. The van der Waals surface area contributed by atoms with Crippen molar-refractivity contribution in [2.45, 2.75) is 51.7 Å². The van der Waals surface area contributed by atoms with Crippen molar-refractivity contribution in [3.8, 4) is 0 Å². The summed E-state index contributed by atoms with van der Waals surface area (Å²) in [6, 6.07) is 21.4. The summed E-state index contributed by atoms with van der Waals surface area (Å²) < 4.78 is 6.68. The van der Waals surface area contributed by atoms with Crippen LogP contribution in [0, 0.1) is 4.91 Å². The molecule has 2 aromatic heterocycles. The first kappa shape index (κ1) is 30.4. The van der Waals surface area contributed by atoms with Crippen LogP contribution in [0.3, 0.4) is 0 Å². The van der Waals surface area contributed by atoms with Gasteiger partial charge in [-0.2, -0.15) is 0 Å². The first-order valence-electron chi connectivity index (χ1n) is 14.6. The van der Waals surface area contributed by atoms with E-state index in [0.717, 1.165) is 68.3 Å². The first-order valence-corrected chi connectivity index (χ1v) is 14.6. The van der Waals surface area contributed by atoms with E-state index < -0.39 is 0 Å². The van der Waals surface area contributed by atoms with Crippen molar-refractivity contribution in [2.24, 2.45) is 10.2 Å². The lowest BCUT2D eigenvalue weighted by molar-refractivity contribution is -0.736. The van der Waals surface area contributed by atoms with Gasteiger partial charge in [0.1, 0.15) is 18.1 Å². The van der Waals surface area contributed by atoms with Crippen LogP contribution in [-0.2, 0) is 24.5 Å². The zero-order valence-electron chi connectivity index (χ0n) is 25.0. The van der Waals surface area contributed by atoms with Crippen molar-refractivity contribution >= 4 is 28.6 Å². The Hall–Kier alpha value is -4.60. The average molecular weight is 572 g/mol. The molecule has 0 fully saturated rings. The molecule has 2 aromatic carbocycles. The Bertz CT molecular complexity index is 1420. The summed E-state index contributed by atoms with van der Waals surface area (Å²) in [5.41, 5.74) is 3.46. The normalized spacial score (nSPS) is 11.1. The number of nitrogens with one attached hydrogen (secondary N) is 1. The highest BCUT2D eigenvalue weighted by molar-refractivity contribution is 5.51. The zero-order valence-corrected chi connectivity index (χ0v) is 25.0. The van der Waals surface area contributed by atoms with Crippen LogP contribution < -0.4 is 19.4 Å². The smallest absolute Gasteiger partial charge is 0.350 e. The quantitative estimate of drug-likeness (QED) is 0.0700. The molecule has 42 heavy (non-hydrogen) atoms. The highest BCUT2D eigenvalue weighted by atomic mass is 16.8. The van der Waals surface area contributed by atoms with Crippen LogP contribution >= 0.6 is 0 Å². The SMILES string of the molecule is CO[N+](=O)c1ccc(NCCC[n+]2ccn(CCCCCC[n+]3ccccc3N=Nc3ccc(N(C)C)cc3)c2)cc1. The third kappa shape index (κ3) is 9.50. The van der Waals surface area contributed by atoms with E-state index in [1.54, 1.807) is 12.1 Å². The van der Waals surface area contributed by atoms with Crippen LogP contribution in [0.2, 0.25) is 0 Å². The van der Waals surface area contributed by atoms with Crippen molar-refractivity contribution in [1.82, 2.24) is 4.57 Å². The van der Waals surface area contributed by atoms with E-state index in [2.05, 4.69) is 76.0 Å². The highest BCUT2D eigenvalue weighted by Crippen LogP contribution is 2.20. The fraction of sp³-hybridized carbons (Fsp3) is 0.375. The van der Waals surface area contributed by atoms with Gasteiger partial charge in [0.25, 0.3) is 4.92 Å². The van der Waals surface area contributed by atoms with Gasteiger partial charge in [0, 0.05) is 56.6 Å². The number of benzene rings is 2. The number of hydrogen-bond acceptors (Lipinski definition) is 6. The molecule has 0 unspecified atom stereocenters. The van der Waals surface area contributed by atoms with Gasteiger partial charge in [-0.3, -0.25) is 0 Å². The van der Waals surface area contributed by atoms with E-state index in [-0.39, 0.29) is 0 Å². The Morgan fingerprint density at radius 1 is 0.881 bits per heavy atom. The van der Waals surface area contributed by atoms with Crippen molar-refractivity contribution in [2.75, 3.05) is 38.0 Å². The second-order valence-corrected chi connectivity index (χ2v) is 10.4. The number of pyridine rings is 1. The molecule has 4 aromatic rings. The number of rotatable bonds is 17. The summed E-state index contributed by atoms with van der Waals surface area (Å²) in [5, 5.41) is 12.4.